The van der Waals surface area contributed by atoms with Crippen molar-refractivity contribution in [3.8, 4) is 0 Å². The van der Waals surface area contributed by atoms with Gasteiger partial charge < -0.3 is 14.6 Å². The van der Waals surface area contributed by atoms with Crippen molar-refractivity contribution < 1.29 is 5.11 Å². The molecule has 2 aliphatic carbocycles. The van der Waals surface area contributed by atoms with Crippen LogP contribution in [0.5, 0.6) is 0 Å². The fourth-order valence-electron chi connectivity index (χ4n) is 2.90. The molecule has 1 fully saturated rings. The number of aliphatic hydroxyl groups is 1. The summed E-state index contributed by atoms with van der Waals surface area (Å²) in [7, 11) is 2.22. The highest BCUT2D eigenvalue weighted by atomic mass is 16.3. The zero-order chi connectivity index (χ0) is 11.8. The van der Waals surface area contributed by atoms with Crippen LogP contribution in [0.3, 0.4) is 0 Å². The summed E-state index contributed by atoms with van der Waals surface area (Å²) < 4.78 is 2.34. The number of hydrogen-bond donors (Lipinski definition) is 1. The third kappa shape index (κ3) is 2.26. The van der Waals surface area contributed by atoms with Gasteiger partial charge in [0, 0.05) is 36.6 Å². The van der Waals surface area contributed by atoms with Gasteiger partial charge in [-0.3, -0.25) is 0 Å². The largest absolute Gasteiger partial charge is 0.388 e. The first-order valence-electron chi connectivity index (χ1n) is 6.82. The SMILES string of the molecule is CN(CCn1ccc2c1CCCC2O)C1CC1. The van der Waals surface area contributed by atoms with Gasteiger partial charge in [-0.2, -0.15) is 0 Å². The smallest absolute Gasteiger partial charge is 0.0807 e. The maximum absolute atomic E-state index is 9.93. The topological polar surface area (TPSA) is 28.4 Å². The van der Waals surface area contributed by atoms with E-state index in [0.717, 1.165) is 38.4 Å². The van der Waals surface area contributed by atoms with Crippen LogP contribution in [-0.4, -0.2) is 34.2 Å². The molecule has 94 valence electrons. The van der Waals surface area contributed by atoms with Crippen LogP contribution in [0.25, 0.3) is 0 Å². The second kappa shape index (κ2) is 4.46. The van der Waals surface area contributed by atoms with E-state index in [1.807, 2.05) is 0 Å². The molecule has 0 amide bonds. The molecular formula is C14H22N2O. The quantitative estimate of drug-likeness (QED) is 0.862. The third-order valence-corrected chi connectivity index (χ3v) is 4.23. The Morgan fingerprint density at radius 3 is 3.00 bits per heavy atom. The normalized spacial score (nSPS) is 24.1. The number of rotatable bonds is 4. The highest BCUT2D eigenvalue weighted by Gasteiger charge is 2.26. The highest BCUT2D eigenvalue weighted by Crippen LogP contribution is 2.30. The standard InChI is InChI=1S/C14H22N2O/c1-15(11-5-6-11)9-10-16-8-7-12-13(16)3-2-4-14(12)17/h7-8,11,14,17H,2-6,9-10H2,1H3. The van der Waals surface area contributed by atoms with E-state index < -0.39 is 0 Å². The summed E-state index contributed by atoms with van der Waals surface area (Å²) in [5.41, 5.74) is 2.54. The van der Waals surface area contributed by atoms with Crippen LogP contribution in [0.15, 0.2) is 12.3 Å². The van der Waals surface area contributed by atoms with Crippen molar-refractivity contribution in [2.75, 3.05) is 13.6 Å². The van der Waals surface area contributed by atoms with Gasteiger partial charge in [0.05, 0.1) is 6.10 Å². The average molecular weight is 234 g/mol. The molecule has 0 bridgehead atoms. The van der Waals surface area contributed by atoms with Crippen LogP contribution in [0, 0.1) is 0 Å². The van der Waals surface area contributed by atoms with Gasteiger partial charge in [0.2, 0.25) is 0 Å². The summed E-state index contributed by atoms with van der Waals surface area (Å²) >= 11 is 0. The summed E-state index contributed by atoms with van der Waals surface area (Å²) in [6, 6.07) is 2.95. The van der Waals surface area contributed by atoms with E-state index in [1.54, 1.807) is 0 Å². The monoisotopic (exact) mass is 234 g/mol. The molecule has 1 atom stereocenters. The summed E-state index contributed by atoms with van der Waals surface area (Å²) in [4.78, 5) is 2.46. The maximum atomic E-state index is 9.93. The highest BCUT2D eigenvalue weighted by molar-refractivity contribution is 5.27. The van der Waals surface area contributed by atoms with Crippen molar-refractivity contribution in [3.05, 3.63) is 23.5 Å². The Morgan fingerprint density at radius 2 is 2.24 bits per heavy atom. The second-order valence-electron chi connectivity index (χ2n) is 5.53. The number of nitrogens with zero attached hydrogens (tertiary/aromatic N) is 2. The first-order valence-corrected chi connectivity index (χ1v) is 6.82. The van der Waals surface area contributed by atoms with E-state index in [0.29, 0.717) is 0 Å². The lowest BCUT2D eigenvalue weighted by Gasteiger charge is -2.22. The zero-order valence-corrected chi connectivity index (χ0v) is 10.6. The van der Waals surface area contributed by atoms with Crippen LogP contribution < -0.4 is 0 Å². The van der Waals surface area contributed by atoms with E-state index in [4.69, 9.17) is 0 Å². The van der Waals surface area contributed by atoms with E-state index >= 15 is 0 Å². The molecule has 1 heterocycles. The number of fused-ring (bicyclic) bond motifs is 1. The lowest BCUT2D eigenvalue weighted by molar-refractivity contribution is 0.155. The van der Waals surface area contributed by atoms with Crippen LogP contribution in [0.4, 0.5) is 0 Å². The van der Waals surface area contributed by atoms with Crippen LogP contribution in [0.1, 0.15) is 43.0 Å². The Balaban J connectivity index is 1.66. The Morgan fingerprint density at radius 1 is 1.41 bits per heavy atom. The fraction of sp³-hybridized carbons (Fsp3) is 0.714. The number of aliphatic hydroxyl groups excluding tert-OH is 1. The van der Waals surface area contributed by atoms with Crippen molar-refractivity contribution >= 4 is 0 Å². The molecule has 1 aromatic heterocycles. The molecule has 0 radical (unpaired) electrons. The molecule has 3 nitrogen and oxygen atoms in total. The Kier molecular flexibility index (Phi) is 2.97. The number of aromatic nitrogens is 1. The van der Waals surface area contributed by atoms with Gasteiger partial charge in [0.1, 0.15) is 0 Å². The minimum atomic E-state index is -0.221. The van der Waals surface area contributed by atoms with Gasteiger partial charge >= 0.3 is 0 Å². The summed E-state index contributed by atoms with van der Waals surface area (Å²) in [5.74, 6) is 0. The first-order chi connectivity index (χ1) is 8.25. The van der Waals surface area contributed by atoms with E-state index in [-0.39, 0.29) is 6.10 Å². The van der Waals surface area contributed by atoms with E-state index in [9.17, 15) is 5.11 Å². The van der Waals surface area contributed by atoms with E-state index in [1.165, 1.54) is 24.1 Å². The number of likely N-dealkylation sites (N-methyl/N-ethyl adjacent to an activating group) is 1. The molecular weight excluding hydrogens is 212 g/mol. The minimum Gasteiger partial charge on any atom is -0.388 e. The summed E-state index contributed by atoms with van der Waals surface area (Å²) in [5, 5.41) is 9.93. The lowest BCUT2D eigenvalue weighted by Crippen LogP contribution is -2.26. The maximum Gasteiger partial charge on any atom is 0.0807 e. The first kappa shape index (κ1) is 11.3. The molecule has 3 rings (SSSR count). The molecule has 1 aromatic rings. The van der Waals surface area contributed by atoms with Crippen molar-refractivity contribution in [3.63, 3.8) is 0 Å². The van der Waals surface area contributed by atoms with Crippen molar-refractivity contribution in [2.24, 2.45) is 0 Å². The average Bonchev–Trinajstić information content (AvgIpc) is 3.08. The molecule has 3 heteroatoms. The predicted molar refractivity (Wildman–Crippen MR) is 68.0 cm³/mol. The molecule has 2 aliphatic rings. The molecule has 0 aliphatic heterocycles. The van der Waals surface area contributed by atoms with Crippen LogP contribution in [0.2, 0.25) is 0 Å². The van der Waals surface area contributed by atoms with Gasteiger partial charge in [-0.05, 0) is 45.2 Å². The Labute approximate surface area is 103 Å². The van der Waals surface area contributed by atoms with Crippen molar-refractivity contribution in [2.45, 2.75) is 50.8 Å². The van der Waals surface area contributed by atoms with E-state index in [2.05, 4.69) is 28.8 Å². The third-order valence-electron chi connectivity index (χ3n) is 4.23. The molecule has 0 aromatic carbocycles. The Hall–Kier alpha value is -0.800. The zero-order valence-electron chi connectivity index (χ0n) is 10.6. The fourth-order valence-corrected chi connectivity index (χ4v) is 2.90. The molecule has 17 heavy (non-hydrogen) atoms. The van der Waals surface area contributed by atoms with Crippen LogP contribution >= 0.6 is 0 Å². The summed E-state index contributed by atoms with van der Waals surface area (Å²) in [6.07, 6.45) is 7.86. The lowest BCUT2D eigenvalue weighted by atomic mass is 9.95. The number of hydrogen-bond acceptors (Lipinski definition) is 2. The molecule has 1 saturated carbocycles. The minimum absolute atomic E-state index is 0.221. The van der Waals surface area contributed by atoms with Gasteiger partial charge in [0.25, 0.3) is 0 Å². The van der Waals surface area contributed by atoms with Crippen molar-refractivity contribution in [1.29, 1.82) is 0 Å². The van der Waals surface area contributed by atoms with Gasteiger partial charge in [-0.25, -0.2) is 0 Å². The Bertz CT molecular complexity index is 395. The van der Waals surface area contributed by atoms with Crippen molar-refractivity contribution in [1.82, 2.24) is 9.47 Å². The second-order valence-corrected chi connectivity index (χ2v) is 5.53. The molecule has 0 spiro atoms. The predicted octanol–water partition coefficient (Wildman–Crippen LogP) is 1.95. The van der Waals surface area contributed by atoms with Gasteiger partial charge in [0.15, 0.2) is 0 Å². The molecule has 1 N–H and O–H groups in total. The summed E-state index contributed by atoms with van der Waals surface area (Å²) in [6.45, 7) is 2.19. The molecule has 1 unspecified atom stereocenters. The van der Waals surface area contributed by atoms with Crippen LogP contribution in [-0.2, 0) is 13.0 Å². The molecule has 0 saturated heterocycles. The van der Waals surface area contributed by atoms with Gasteiger partial charge in [-0.1, -0.05) is 0 Å². The van der Waals surface area contributed by atoms with Gasteiger partial charge in [-0.15, -0.1) is 0 Å².